The highest BCUT2D eigenvalue weighted by Crippen LogP contribution is 2.04. The van der Waals surface area contributed by atoms with E-state index in [2.05, 4.69) is 15.6 Å². The Kier molecular flexibility index (Phi) is 6.25. The van der Waals surface area contributed by atoms with E-state index in [0.717, 1.165) is 4.57 Å². The monoisotopic (exact) mass is 361 g/mol. The number of carbonyl (C=O) groups is 3. The number of rotatable bonds is 8. The van der Waals surface area contributed by atoms with E-state index in [9.17, 15) is 24.3 Å². The molecule has 1 atom stereocenters. The standard InChI is InChI=1S/C16H19N5O5/c17-16(26)18-7-3-6-12(15(24)25)20-13(22)8-21-9-19-11-5-2-1-4-10(11)14(21)23/h1-2,4-5,9,12H,3,6-8H2,(H,20,22)(H,24,25)(H3,17,18,26)/t12-/m0/s1. The van der Waals surface area contributed by atoms with E-state index < -0.39 is 23.9 Å². The van der Waals surface area contributed by atoms with Gasteiger partial charge in [0.2, 0.25) is 5.91 Å². The lowest BCUT2D eigenvalue weighted by Gasteiger charge is -2.15. The van der Waals surface area contributed by atoms with Crippen molar-refractivity contribution in [3.8, 4) is 0 Å². The van der Waals surface area contributed by atoms with Gasteiger partial charge in [-0.05, 0) is 25.0 Å². The van der Waals surface area contributed by atoms with Gasteiger partial charge in [0.05, 0.1) is 17.2 Å². The topological polar surface area (TPSA) is 156 Å². The van der Waals surface area contributed by atoms with Crippen LogP contribution in [0.2, 0.25) is 0 Å². The summed E-state index contributed by atoms with van der Waals surface area (Å²) in [6, 6.07) is 4.88. The second-order valence-electron chi connectivity index (χ2n) is 5.59. The molecule has 1 aromatic heterocycles. The lowest BCUT2D eigenvalue weighted by atomic mass is 10.1. The molecule has 0 unspecified atom stereocenters. The van der Waals surface area contributed by atoms with Crippen LogP contribution < -0.4 is 21.9 Å². The lowest BCUT2D eigenvalue weighted by molar-refractivity contribution is -0.142. The van der Waals surface area contributed by atoms with Crippen LogP contribution in [0.3, 0.4) is 0 Å². The number of carboxylic acids is 1. The Morgan fingerprint density at radius 1 is 1.27 bits per heavy atom. The van der Waals surface area contributed by atoms with Crippen molar-refractivity contribution in [3.63, 3.8) is 0 Å². The van der Waals surface area contributed by atoms with Gasteiger partial charge < -0.3 is 21.5 Å². The number of fused-ring (bicyclic) bond motifs is 1. The molecular weight excluding hydrogens is 342 g/mol. The molecule has 2 rings (SSSR count). The Balaban J connectivity index is 1.99. The Morgan fingerprint density at radius 3 is 2.69 bits per heavy atom. The number of hydrogen-bond acceptors (Lipinski definition) is 5. The highest BCUT2D eigenvalue weighted by molar-refractivity contribution is 5.83. The first-order valence-corrected chi connectivity index (χ1v) is 7.88. The van der Waals surface area contributed by atoms with E-state index in [4.69, 9.17) is 5.73 Å². The van der Waals surface area contributed by atoms with Gasteiger partial charge in [0.25, 0.3) is 5.56 Å². The van der Waals surface area contributed by atoms with Crippen LogP contribution >= 0.6 is 0 Å². The summed E-state index contributed by atoms with van der Waals surface area (Å²) >= 11 is 0. The summed E-state index contributed by atoms with van der Waals surface area (Å²) in [5.41, 5.74) is 5.04. The number of benzene rings is 1. The molecule has 0 spiro atoms. The fourth-order valence-electron chi connectivity index (χ4n) is 2.39. The first kappa shape index (κ1) is 18.9. The van der Waals surface area contributed by atoms with Crippen molar-refractivity contribution in [2.45, 2.75) is 25.4 Å². The zero-order chi connectivity index (χ0) is 19.1. The fourth-order valence-corrected chi connectivity index (χ4v) is 2.39. The van der Waals surface area contributed by atoms with Gasteiger partial charge in [-0.25, -0.2) is 14.6 Å². The molecule has 0 bridgehead atoms. The summed E-state index contributed by atoms with van der Waals surface area (Å²) in [5.74, 6) is -1.83. The molecule has 0 saturated carbocycles. The SMILES string of the molecule is NC(=O)NCCC[C@H](NC(=O)Cn1cnc2ccccc2c1=O)C(=O)O. The van der Waals surface area contributed by atoms with Crippen molar-refractivity contribution in [3.05, 3.63) is 40.9 Å². The average Bonchev–Trinajstić information content (AvgIpc) is 2.60. The number of urea groups is 1. The zero-order valence-corrected chi connectivity index (χ0v) is 13.8. The molecule has 0 aliphatic rings. The molecule has 0 radical (unpaired) electrons. The number of hydrogen-bond donors (Lipinski definition) is 4. The molecule has 0 saturated heterocycles. The van der Waals surface area contributed by atoms with Crippen molar-refractivity contribution >= 4 is 28.8 Å². The van der Waals surface area contributed by atoms with Crippen LogP contribution in [0.1, 0.15) is 12.8 Å². The van der Waals surface area contributed by atoms with Crippen molar-refractivity contribution in [2.24, 2.45) is 5.73 Å². The minimum Gasteiger partial charge on any atom is -0.480 e. The molecule has 138 valence electrons. The van der Waals surface area contributed by atoms with Gasteiger partial charge in [-0.1, -0.05) is 12.1 Å². The van der Waals surface area contributed by atoms with Crippen LogP contribution in [0.25, 0.3) is 10.9 Å². The first-order chi connectivity index (χ1) is 12.4. The maximum atomic E-state index is 12.3. The molecule has 0 aliphatic heterocycles. The summed E-state index contributed by atoms with van der Waals surface area (Å²) < 4.78 is 1.12. The van der Waals surface area contributed by atoms with E-state index in [1.54, 1.807) is 24.3 Å². The first-order valence-electron chi connectivity index (χ1n) is 7.88. The number of primary amides is 1. The van der Waals surface area contributed by atoms with E-state index >= 15 is 0 Å². The normalized spacial score (nSPS) is 11.7. The third kappa shape index (κ3) is 5.03. The van der Waals surface area contributed by atoms with Gasteiger partial charge >= 0.3 is 12.0 Å². The molecule has 5 N–H and O–H groups in total. The molecule has 10 nitrogen and oxygen atoms in total. The summed E-state index contributed by atoms with van der Waals surface area (Å²) in [6.07, 6.45) is 1.67. The highest BCUT2D eigenvalue weighted by Gasteiger charge is 2.20. The number of carboxylic acid groups (broad SMARTS) is 1. The van der Waals surface area contributed by atoms with Crippen LogP contribution in [0.5, 0.6) is 0 Å². The molecule has 0 aliphatic carbocycles. The van der Waals surface area contributed by atoms with Crippen LogP contribution in [-0.2, 0) is 16.1 Å². The quantitative estimate of drug-likeness (QED) is 0.461. The fraction of sp³-hybridized carbons (Fsp3) is 0.312. The molecule has 0 fully saturated rings. The average molecular weight is 361 g/mol. The summed E-state index contributed by atoms with van der Waals surface area (Å²) in [7, 11) is 0. The van der Waals surface area contributed by atoms with Crippen molar-refractivity contribution in [1.29, 1.82) is 0 Å². The van der Waals surface area contributed by atoms with Crippen LogP contribution in [-0.4, -0.2) is 45.2 Å². The van der Waals surface area contributed by atoms with Crippen molar-refractivity contribution < 1.29 is 19.5 Å². The number of nitrogens with zero attached hydrogens (tertiary/aromatic N) is 2. The van der Waals surface area contributed by atoms with E-state index in [-0.39, 0.29) is 25.1 Å². The Morgan fingerprint density at radius 2 is 2.00 bits per heavy atom. The van der Waals surface area contributed by atoms with Crippen LogP contribution in [0, 0.1) is 0 Å². The van der Waals surface area contributed by atoms with Gasteiger partial charge in [-0.15, -0.1) is 0 Å². The summed E-state index contributed by atoms with van der Waals surface area (Å²) in [6.45, 7) is -0.150. The number of aromatic nitrogens is 2. The molecule has 2 aromatic rings. The summed E-state index contributed by atoms with van der Waals surface area (Å²) in [4.78, 5) is 50.4. The van der Waals surface area contributed by atoms with Gasteiger partial charge in [-0.3, -0.25) is 14.2 Å². The van der Waals surface area contributed by atoms with Crippen molar-refractivity contribution in [2.75, 3.05) is 6.54 Å². The number of nitrogens with two attached hydrogens (primary N) is 1. The van der Waals surface area contributed by atoms with Gasteiger partial charge in [0.15, 0.2) is 0 Å². The predicted octanol–water partition coefficient (Wildman–Crippen LogP) is -0.586. The molecule has 26 heavy (non-hydrogen) atoms. The Hall–Kier alpha value is -3.43. The summed E-state index contributed by atoms with van der Waals surface area (Å²) in [5, 5.41) is 14.3. The minimum atomic E-state index is -1.21. The number of carbonyl (C=O) groups excluding carboxylic acids is 2. The molecule has 10 heteroatoms. The van der Waals surface area contributed by atoms with Gasteiger partial charge in [-0.2, -0.15) is 0 Å². The second-order valence-corrected chi connectivity index (χ2v) is 5.59. The molecule has 1 aromatic carbocycles. The lowest BCUT2D eigenvalue weighted by Crippen LogP contribution is -2.43. The van der Waals surface area contributed by atoms with Crippen molar-refractivity contribution in [1.82, 2.24) is 20.2 Å². The number of aliphatic carboxylic acids is 1. The number of amides is 3. The third-order valence-corrected chi connectivity index (χ3v) is 3.65. The molecule has 1 heterocycles. The minimum absolute atomic E-state index is 0.103. The number of para-hydroxylation sites is 1. The van der Waals surface area contributed by atoms with E-state index in [0.29, 0.717) is 17.3 Å². The second kappa shape index (κ2) is 8.60. The Labute approximate surface area is 148 Å². The predicted molar refractivity (Wildman–Crippen MR) is 92.4 cm³/mol. The Bertz CT molecular complexity index is 879. The molecular formula is C16H19N5O5. The number of nitrogens with one attached hydrogen (secondary N) is 2. The van der Waals surface area contributed by atoms with E-state index in [1.165, 1.54) is 6.33 Å². The highest BCUT2D eigenvalue weighted by atomic mass is 16.4. The van der Waals surface area contributed by atoms with Gasteiger partial charge in [0.1, 0.15) is 12.6 Å². The zero-order valence-electron chi connectivity index (χ0n) is 13.8. The smallest absolute Gasteiger partial charge is 0.326 e. The maximum absolute atomic E-state index is 12.3. The largest absolute Gasteiger partial charge is 0.480 e. The van der Waals surface area contributed by atoms with Crippen LogP contribution in [0.4, 0.5) is 4.79 Å². The van der Waals surface area contributed by atoms with Gasteiger partial charge in [0, 0.05) is 6.54 Å². The van der Waals surface area contributed by atoms with Crippen LogP contribution in [0.15, 0.2) is 35.4 Å². The molecule has 3 amide bonds. The third-order valence-electron chi connectivity index (χ3n) is 3.65. The maximum Gasteiger partial charge on any atom is 0.326 e. The van der Waals surface area contributed by atoms with E-state index in [1.807, 2.05) is 0 Å².